The molecule has 0 bridgehead atoms. The van der Waals surface area contributed by atoms with E-state index in [0.29, 0.717) is 11.3 Å². The number of rotatable bonds is 3. The lowest BCUT2D eigenvalue weighted by atomic mass is 9.96. The fourth-order valence-corrected chi connectivity index (χ4v) is 3.69. The maximum Gasteiger partial charge on any atom is 0.151 e. The van der Waals surface area contributed by atoms with Crippen LogP contribution < -0.4 is 4.90 Å². The van der Waals surface area contributed by atoms with Crippen LogP contribution >= 0.6 is 0 Å². The van der Waals surface area contributed by atoms with Gasteiger partial charge in [0.05, 0.1) is 18.7 Å². The highest BCUT2D eigenvalue weighted by atomic mass is 16.3. The van der Waals surface area contributed by atoms with Crippen LogP contribution in [-0.2, 0) is 0 Å². The Morgan fingerprint density at radius 2 is 1.74 bits per heavy atom. The van der Waals surface area contributed by atoms with Gasteiger partial charge in [0.1, 0.15) is 11.6 Å². The van der Waals surface area contributed by atoms with Gasteiger partial charge in [0.25, 0.3) is 0 Å². The monoisotopic (exact) mass is 306 g/mol. The standard InChI is InChI=1S/C19H19N3O/c23-19-16(6-5-14-4-3-9-21-17(14)19)18(22-12-1-2-13-22)15-7-10-20-11-8-15/h3-11,18,23H,1-2,12-13H2/p+1/t18-/m1/s1. The van der Waals surface area contributed by atoms with E-state index in [1.807, 2.05) is 24.5 Å². The number of fused-ring (bicyclic) bond motifs is 1. The Hall–Kier alpha value is -2.46. The van der Waals surface area contributed by atoms with Crippen molar-refractivity contribution >= 4 is 10.9 Å². The van der Waals surface area contributed by atoms with Crippen LogP contribution in [0.3, 0.4) is 0 Å². The van der Waals surface area contributed by atoms with E-state index in [2.05, 4.69) is 34.2 Å². The fraction of sp³-hybridized carbons (Fsp3) is 0.263. The van der Waals surface area contributed by atoms with Crippen molar-refractivity contribution in [1.82, 2.24) is 9.97 Å². The maximum absolute atomic E-state index is 10.9. The first kappa shape index (κ1) is 14.2. The van der Waals surface area contributed by atoms with Gasteiger partial charge in [-0.3, -0.25) is 9.97 Å². The van der Waals surface area contributed by atoms with E-state index in [1.165, 1.54) is 23.3 Å². The molecule has 0 unspecified atom stereocenters. The van der Waals surface area contributed by atoms with Gasteiger partial charge in [0.15, 0.2) is 5.75 Å². The molecule has 23 heavy (non-hydrogen) atoms. The predicted molar refractivity (Wildman–Crippen MR) is 89.4 cm³/mol. The summed E-state index contributed by atoms with van der Waals surface area (Å²) in [7, 11) is 0. The Morgan fingerprint density at radius 3 is 2.52 bits per heavy atom. The summed E-state index contributed by atoms with van der Waals surface area (Å²) in [5.74, 6) is 0.310. The number of likely N-dealkylation sites (tertiary alicyclic amines) is 1. The molecule has 3 heterocycles. The average molecular weight is 306 g/mol. The summed E-state index contributed by atoms with van der Waals surface area (Å²) >= 11 is 0. The van der Waals surface area contributed by atoms with E-state index in [4.69, 9.17) is 0 Å². The van der Waals surface area contributed by atoms with Crippen LogP contribution in [0.25, 0.3) is 10.9 Å². The van der Waals surface area contributed by atoms with Gasteiger partial charge in [-0.2, -0.15) is 0 Å². The largest absolute Gasteiger partial charge is 0.505 e. The highest BCUT2D eigenvalue weighted by Crippen LogP contribution is 2.33. The maximum atomic E-state index is 10.9. The summed E-state index contributed by atoms with van der Waals surface area (Å²) in [4.78, 5) is 10.0. The van der Waals surface area contributed by atoms with Crippen molar-refractivity contribution in [2.24, 2.45) is 0 Å². The Bertz CT molecular complexity index is 813. The molecule has 0 saturated carbocycles. The second kappa shape index (κ2) is 5.97. The van der Waals surface area contributed by atoms with Gasteiger partial charge in [-0.1, -0.05) is 12.1 Å². The Kier molecular flexibility index (Phi) is 3.67. The molecule has 1 fully saturated rings. The van der Waals surface area contributed by atoms with Crippen LogP contribution in [0.4, 0.5) is 0 Å². The summed E-state index contributed by atoms with van der Waals surface area (Å²) in [6.45, 7) is 2.26. The summed E-state index contributed by atoms with van der Waals surface area (Å²) in [6.07, 6.45) is 7.87. The van der Waals surface area contributed by atoms with E-state index < -0.39 is 0 Å². The third kappa shape index (κ3) is 2.55. The lowest BCUT2D eigenvalue weighted by Gasteiger charge is -2.26. The predicted octanol–water partition coefficient (Wildman–Crippen LogP) is 2.10. The van der Waals surface area contributed by atoms with Crippen LogP contribution in [0, 0.1) is 0 Å². The van der Waals surface area contributed by atoms with Crippen molar-refractivity contribution in [3.63, 3.8) is 0 Å². The molecule has 1 saturated heterocycles. The van der Waals surface area contributed by atoms with Crippen LogP contribution in [0.1, 0.15) is 30.0 Å². The molecular formula is C19H20N3O+. The molecule has 116 valence electrons. The summed E-state index contributed by atoms with van der Waals surface area (Å²) in [6, 6.07) is 12.2. The molecule has 4 heteroatoms. The number of phenols is 1. The number of pyridine rings is 2. The van der Waals surface area contributed by atoms with Crippen LogP contribution in [-0.4, -0.2) is 28.2 Å². The van der Waals surface area contributed by atoms with E-state index in [9.17, 15) is 5.11 Å². The minimum Gasteiger partial charge on any atom is -0.505 e. The number of nitrogens with zero attached hydrogens (tertiary/aromatic N) is 2. The van der Waals surface area contributed by atoms with E-state index >= 15 is 0 Å². The zero-order valence-electron chi connectivity index (χ0n) is 12.9. The highest BCUT2D eigenvalue weighted by molar-refractivity contribution is 5.85. The van der Waals surface area contributed by atoms with Crippen LogP contribution in [0.15, 0.2) is 55.0 Å². The van der Waals surface area contributed by atoms with E-state index in [-0.39, 0.29) is 6.04 Å². The molecule has 0 amide bonds. The smallest absolute Gasteiger partial charge is 0.151 e. The van der Waals surface area contributed by atoms with Crippen molar-refractivity contribution in [1.29, 1.82) is 0 Å². The van der Waals surface area contributed by atoms with E-state index in [1.54, 1.807) is 6.20 Å². The molecule has 4 rings (SSSR count). The molecule has 0 spiro atoms. The zero-order chi connectivity index (χ0) is 15.6. The quantitative estimate of drug-likeness (QED) is 0.779. The van der Waals surface area contributed by atoms with Gasteiger partial charge >= 0.3 is 0 Å². The van der Waals surface area contributed by atoms with Crippen LogP contribution in [0.2, 0.25) is 0 Å². The molecule has 4 nitrogen and oxygen atoms in total. The Labute approximate surface area is 135 Å². The number of quaternary nitrogens is 1. The minimum atomic E-state index is 0.131. The third-order valence-corrected chi connectivity index (χ3v) is 4.78. The average Bonchev–Trinajstić information content (AvgIpc) is 3.13. The SMILES string of the molecule is Oc1c([C@@H](c2ccncc2)[NH+]2CCCC2)ccc2cccnc12. The Morgan fingerprint density at radius 1 is 0.957 bits per heavy atom. The van der Waals surface area contributed by atoms with Crippen molar-refractivity contribution in [3.8, 4) is 5.75 Å². The van der Waals surface area contributed by atoms with Crippen LogP contribution in [0.5, 0.6) is 5.75 Å². The van der Waals surface area contributed by atoms with Gasteiger partial charge in [-0.05, 0) is 24.3 Å². The molecule has 2 N–H and O–H groups in total. The molecule has 1 aliphatic rings. The first-order valence-electron chi connectivity index (χ1n) is 8.15. The molecule has 1 aliphatic heterocycles. The fourth-order valence-electron chi connectivity index (χ4n) is 3.69. The molecule has 0 radical (unpaired) electrons. The number of aromatic nitrogens is 2. The van der Waals surface area contributed by atoms with Crippen molar-refractivity contribution in [2.45, 2.75) is 18.9 Å². The summed E-state index contributed by atoms with van der Waals surface area (Å²) in [5, 5.41) is 11.8. The molecular weight excluding hydrogens is 286 g/mol. The van der Waals surface area contributed by atoms with Crippen molar-refractivity contribution in [3.05, 3.63) is 66.1 Å². The molecule has 0 aliphatic carbocycles. The van der Waals surface area contributed by atoms with Gasteiger partial charge in [-0.15, -0.1) is 0 Å². The number of aromatic hydroxyl groups is 1. The molecule has 2 aromatic heterocycles. The number of nitrogens with one attached hydrogen (secondary N) is 1. The second-order valence-corrected chi connectivity index (χ2v) is 6.16. The second-order valence-electron chi connectivity index (χ2n) is 6.16. The summed E-state index contributed by atoms with van der Waals surface area (Å²) in [5.41, 5.74) is 2.84. The lowest BCUT2D eigenvalue weighted by molar-refractivity contribution is -0.913. The van der Waals surface area contributed by atoms with Crippen molar-refractivity contribution in [2.75, 3.05) is 13.1 Å². The summed E-state index contributed by atoms with van der Waals surface area (Å²) < 4.78 is 0. The lowest BCUT2D eigenvalue weighted by Crippen LogP contribution is -3.10. The number of hydrogen-bond donors (Lipinski definition) is 2. The van der Waals surface area contributed by atoms with Gasteiger partial charge in [-0.25, -0.2) is 0 Å². The Balaban J connectivity index is 1.88. The molecule has 1 atom stereocenters. The topological polar surface area (TPSA) is 50.5 Å². The zero-order valence-corrected chi connectivity index (χ0v) is 12.9. The van der Waals surface area contributed by atoms with Gasteiger partial charge in [0.2, 0.25) is 0 Å². The number of benzene rings is 1. The van der Waals surface area contributed by atoms with Gasteiger partial charge < -0.3 is 10.0 Å². The first-order chi connectivity index (χ1) is 11.3. The number of hydrogen-bond acceptors (Lipinski definition) is 3. The van der Waals surface area contributed by atoms with Gasteiger partial charge in [0, 0.05) is 42.4 Å². The molecule has 1 aromatic carbocycles. The van der Waals surface area contributed by atoms with E-state index in [0.717, 1.165) is 24.0 Å². The number of phenolic OH excluding ortho intramolecular Hbond substituents is 1. The molecule has 3 aromatic rings. The third-order valence-electron chi connectivity index (χ3n) is 4.78. The normalized spacial score (nSPS) is 16.7. The highest BCUT2D eigenvalue weighted by Gasteiger charge is 2.31. The first-order valence-corrected chi connectivity index (χ1v) is 8.15. The minimum absolute atomic E-state index is 0.131. The van der Waals surface area contributed by atoms with Crippen molar-refractivity contribution < 1.29 is 10.0 Å².